The van der Waals surface area contributed by atoms with Gasteiger partial charge in [-0.15, -0.1) is 0 Å². The van der Waals surface area contributed by atoms with E-state index < -0.39 is 0 Å². The highest BCUT2D eigenvalue weighted by molar-refractivity contribution is 4.72. The standard InChI is InChI=1S/C5H11N.C4H10N2.CH4/c1-2-4-6-5-3-1;5-4-1-2-6-3-4;/h6H,1-5H2;4,6H,1-3,5H2;1H4. The zero-order valence-corrected chi connectivity index (χ0v) is 7.81. The Bertz CT molecular complexity index is 84.8. The second-order valence-corrected chi connectivity index (χ2v) is 3.56. The Morgan fingerprint density at radius 2 is 1.62 bits per heavy atom. The van der Waals surface area contributed by atoms with Crippen LogP contribution in [0.5, 0.6) is 0 Å². The number of nitrogens with two attached hydrogens (primary N) is 1. The number of hydrogen-bond donors (Lipinski definition) is 3. The minimum Gasteiger partial charge on any atom is -0.327 e. The minimum absolute atomic E-state index is 0. The molecule has 0 aromatic rings. The van der Waals surface area contributed by atoms with Crippen molar-refractivity contribution in [3.8, 4) is 0 Å². The van der Waals surface area contributed by atoms with Crippen LogP contribution >= 0.6 is 0 Å². The van der Waals surface area contributed by atoms with Crippen LogP contribution in [0.2, 0.25) is 0 Å². The summed E-state index contributed by atoms with van der Waals surface area (Å²) in [5.74, 6) is 0. The molecule has 1 unspecified atom stereocenters. The number of hydrogen-bond acceptors (Lipinski definition) is 3. The summed E-state index contributed by atoms with van der Waals surface area (Å²) in [6.45, 7) is 4.63. The lowest BCUT2D eigenvalue weighted by Crippen LogP contribution is -2.21. The van der Waals surface area contributed by atoms with Crippen LogP contribution < -0.4 is 16.4 Å². The third-order valence-corrected chi connectivity index (χ3v) is 2.31. The van der Waals surface area contributed by atoms with Gasteiger partial charge in [0.15, 0.2) is 0 Å². The summed E-state index contributed by atoms with van der Waals surface area (Å²) in [7, 11) is 0. The summed E-state index contributed by atoms with van der Waals surface area (Å²) in [6.07, 6.45) is 5.37. The molecule has 0 spiro atoms. The van der Waals surface area contributed by atoms with E-state index in [0.717, 1.165) is 19.5 Å². The molecule has 13 heavy (non-hydrogen) atoms. The van der Waals surface area contributed by atoms with Crippen molar-refractivity contribution in [2.75, 3.05) is 26.2 Å². The largest absolute Gasteiger partial charge is 0.327 e. The molecule has 0 bridgehead atoms. The van der Waals surface area contributed by atoms with Gasteiger partial charge in [-0.1, -0.05) is 13.8 Å². The van der Waals surface area contributed by atoms with Gasteiger partial charge in [-0.25, -0.2) is 0 Å². The van der Waals surface area contributed by atoms with Gasteiger partial charge < -0.3 is 16.4 Å². The van der Waals surface area contributed by atoms with E-state index in [0.29, 0.717) is 6.04 Å². The summed E-state index contributed by atoms with van der Waals surface area (Å²) < 4.78 is 0. The van der Waals surface area contributed by atoms with Crippen LogP contribution in [0.3, 0.4) is 0 Å². The lowest BCUT2D eigenvalue weighted by Gasteiger charge is -2.08. The first-order chi connectivity index (χ1) is 5.89. The molecule has 0 aromatic heterocycles. The van der Waals surface area contributed by atoms with Gasteiger partial charge in [-0.05, 0) is 38.9 Å². The number of piperidine rings is 1. The van der Waals surface area contributed by atoms with Crippen LogP contribution in [0.15, 0.2) is 0 Å². The Kier molecular flexibility index (Phi) is 8.40. The molecule has 2 heterocycles. The molecule has 2 rings (SSSR count). The van der Waals surface area contributed by atoms with E-state index in [1.165, 1.54) is 32.4 Å². The predicted molar refractivity (Wildman–Crippen MR) is 58.9 cm³/mol. The van der Waals surface area contributed by atoms with Gasteiger partial charge >= 0.3 is 0 Å². The molecule has 2 aliphatic heterocycles. The Balaban J connectivity index is 0.000000206. The van der Waals surface area contributed by atoms with Gasteiger partial charge in [0.25, 0.3) is 0 Å². The fourth-order valence-electron chi connectivity index (χ4n) is 1.48. The van der Waals surface area contributed by atoms with Gasteiger partial charge in [-0.3, -0.25) is 0 Å². The second kappa shape index (κ2) is 8.48. The second-order valence-electron chi connectivity index (χ2n) is 3.56. The van der Waals surface area contributed by atoms with Crippen molar-refractivity contribution in [3.05, 3.63) is 0 Å². The molecule has 0 aromatic carbocycles. The lowest BCUT2D eigenvalue weighted by molar-refractivity contribution is 0.520. The number of rotatable bonds is 0. The average Bonchev–Trinajstić information content (AvgIpc) is 2.60. The van der Waals surface area contributed by atoms with E-state index in [4.69, 9.17) is 5.73 Å². The van der Waals surface area contributed by atoms with Crippen LogP contribution in [0.4, 0.5) is 0 Å². The van der Waals surface area contributed by atoms with Gasteiger partial charge in [0, 0.05) is 12.6 Å². The Labute approximate surface area is 82.5 Å². The molecular weight excluding hydrogens is 162 g/mol. The first kappa shape index (κ1) is 12.9. The molecule has 0 radical (unpaired) electrons. The van der Waals surface area contributed by atoms with E-state index >= 15 is 0 Å². The molecule has 0 saturated carbocycles. The van der Waals surface area contributed by atoms with Crippen LogP contribution in [0, 0.1) is 0 Å². The van der Waals surface area contributed by atoms with E-state index in [-0.39, 0.29) is 7.43 Å². The zero-order valence-electron chi connectivity index (χ0n) is 7.81. The monoisotopic (exact) mass is 187 g/mol. The third kappa shape index (κ3) is 6.99. The molecule has 80 valence electrons. The minimum atomic E-state index is 0. The van der Waals surface area contributed by atoms with Crippen molar-refractivity contribution in [2.24, 2.45) is 5.73 Å². The topological polar surface area (TPSA) is 50.1 Å². The van der Waals surface area contributed by atoms with Crippen molar-refractivity contribution >= 4 is 0 Å². The first-order valence-electron chi connectivity index (χ1n) is 5.06. The van der Waals surface area contributed by atoms with E-state index in [1.807, 2.05) is 0 Å². The summed E-state index contributed by atoms with van der Waals surface area (Å²) in [5.41, 5.74) is 5.47. The van der Waals surface area contributed by atoms with Crippen LogP contribution in [-0.2, 0) is 0 Å². The zero-order chi connectivity index (χ0) is 8.65. The predicted octanol–water partition coefficient (Wildman–Crippen LogP) is 0.703. The highest BCUT2D eigenvalue weighted by Crippen LogP contribution is 1.96. The van der Waals surface area contributed by atoms with Crippen molar-refractivity contribution in [3.63, 3.8) is 0 Å². The van der Waals surface area contributed by atoms with E-state index in [9.17, 15) is 0 Å². The fraction of sp³-hybridized carbons (Fsp3) is 1.00. The van der Waals surface area contributed by atoms with E-state index in [1.54, 1.807) is 0 Å². The van der Waals surface area contributed by atoms with Crippen LogP contribution in [-0.4, -0.2) is 32.2 Å². The molecule has 1 atom stereocenters. The molecular formula is C10H25N3. The third-order valence-electron chi connectivity index (χ3n) is 2.31. The normalized spacial score (nSPS) is 27.0. The summed E-state index contributed by atoms with van der Waals surface area (Å²) in [6, 6.07) is 0.435. The van der Waals surface area contributed by atoms with Crippen molar-refractivity contribution < 1.29 is 0 Å². The van der Waals surface area contributed by atoms with Gasteiger partial charge in [-0.2, -0.15) is 0 Å². The van der Waals surface area contributed by atoms with Gasteiger partial charge in [0.2, 0.25) is 0 Å². The number of nitrogens with one attached hydrogen (secondary N) is 2. The maximum atomic E-state index is 5.47. The SMILES string of the molecule is C.C1CCNCC1.NC1CCNC1. The highest BCUT2D eigenvalue weighted by atomic mass is 14.9. The maximum absolute atomic E-state index is 5.47. The summed E-state index contributed by atoms with van der Waals surface area (Å²) in [5, 5.41) is 6.43. The van der Waals surface area contributed by atoms with Crippen LogP contribution in [0.1, 0.15) is 33.1 Å². The van der Waals surface area contributed by atoms with Crippen molar-refractivity contribution in [2.45, 2.75) is 39.2 Å². The highest BCUT2D eigenvalue weighted by Gasteiger charge is 2.06. The molecule has 3 nitrogen and oxygen atoms in total. The smallest absolute Gasteiger partial charge is 0.0177 e. The van der Waals surface area contributed by atoms with Gasteiger partial charge in [0.1, 0.15) is 0 Å². The lowest BCUT2D eigenvalue weighted by atomic mass is 10.2. The first-order valence-corrected chi connectivity index (χ1v) is 5.06. The Morgan fingerprint density at radius 3 is 1.77 bits per heavy atom. The maximum Gasteiger partial charge on any atom is 0.0177 e. The molecule has 3 heteroatoms. The fourth-order valence-corrected chi connectivity index (χ4v) is 1.48. The van der Waals surface area contributed by atoms with Crippen molar-refractivity contribution in [1.82, 2.24) is 10.6 Å². The quantitative estimate of drug-likeness (QED) is 0.523. The Morgan fingerprint density at radius 1 is 0.923 bits per heavy atom. The molecule has 0 aliphatic carbocycles. The molecule has 2 aliphatic rings. The van der Waals surface area contributed by atoms with Crippen LogP contribution in [0.25, 0.3) is 0 Å². The Hall–Kier alpha value is -0.120. The summed E-state index contributed by atoms with van der Waals surface area (Å²) >= 11 is 0. The van der Waals surface area contributed by atoms with E-state index in [2.05, 4.69) is 10.6 Å². The van der Waals surface area contributed by atoms with Crippen molar-refractivity contribution in [1.29, 1.82) is 0 Å². The molecule has 0 amide bonds. The average molecular weight is 187 g/mol. The summed E-state index contributed by atoms with van der Waals surface area (Å²) in [4.78, 5) is 0. The molecule has 2 saturated heterocycles. The molecule has 2 fully saturated rings. The van der Waals surface area contributed by atoms with Gasteiger partial charge in [0.05, 0.1) is 0 Å². The molecule has 4 N–H and O–H groups in total.